The molecule has 0 bridgehead atoms. The molecular formula is C52H33NS. The molecule has 0 atom stereocenters. The molecule has 0 unspecified atom stereocenters. The number of hydrogen-bond donors (Lipinski definition) is 0. The molecule has 1 nitrogen and oxygen atoms in total. The SMILES string of the molecule is C1=c2c(Sc3cccc4c3-c3ccccc3C43c4ccccc4-c4ccccc43)c3ccncc3c(-c3cc4ccccc4c4ccccc34)c2=CCC1. The van der Waals surface area contributed by atoms with Crippen molar-refractivity contribution in [2.45, 2.75) is 28.0 Å². The minimum atomic E-state index is -0.359. The third kappa shape index (κ3) is 3.93. The first-order chi connectivity index (χ1) is 26.8. The van der Waals surface area contributed by atoms with Crippen LogP contribution in [0.1, 0.15) is 35.1 Å². The minimum Gasteiger partial charge on any atom is -0.264 e. The van der Waals surface area contributed by atoms with E-state index in [1.54, 1.807) is 0 Å². The Bertz CT molecular complexity index is 3160. The third-order valence-corrected chi connectivity index (χ3v) is 13.4. The standard InChI is InChI=1S/C52H33NS/c1-2-15-33-32(14-1)30-42(35-17-4-3-16-34(33)35)49-38-20-5-6-21-39(38)51(40-28-29-53-31-43(40)49)54-48-27-13-26-47-50(48)41-22-9-12-25-46(41)52(47)44-23-10-7-18-36(44)37-19-8-11-24-45(37)52/h1-4,7-31H,5-6H2. The quantitative estimate of drug-likeness (QED) is 0.170. The van der Waals surface area contributed by atoms with Crippen LogP contribution < -0.4 is 10.4 Å². The number of pyridine rings is 1. The van der Waals surface area contributed by atoms with Gasteiger partial charge in [-0.25, -0.2) is 0 Å². The van der Waals surface area contributed by atoms with Gasteiger partial charge in [0.15, 0.2) is 0 Å². The van der Waals surface area contributed by atoms with E-state index in [1.807, 2.05) is 18.0 Å². The number of aromatic nitrogens is 1. The summed E-state index contributed by atoms with van der Waals surface area (Å²) >= 11 is 1.94. The van der Waals surface area contributed by atoms with Gasteiger partial charge in [0.05, 0.1) is 5.41 Å². The van der Waals surface area contributed by atoms with E-state index in [9.17, 15) is 0 Å². The van der Waals surface area contributed by atoms with Crippen molar-refractivity contribution in [2.75, 3.05) is 0 Å². The molecule has 54 heavy (non-hydrogen) atoms. The van der Waals surface area contributed by atoms with E-state index in [2.05, 4.69) is 170 Å². The van der Waals surface area contributed by atoms with Gasteiger partial charge in [-0.3, -0.25) is 4.98 Å². The van der Waals surface area contributed by atoms with Crippen LogP contribution in [0.15, 0.2) is 174 Å². The molecule has 0 amide bonds. The van der Waals surface area contributed by atoms with E-state index < -0.39 is 0 Å². The zero-order valence-corrected chi connectivity index (χ0v) is 30.3. The second-order valence-electron chi connectivity index (χ2n) is 14.8. The summed E-state index contributed by atoms with van der Waals surface area (Å²) in [5.41, 5.74) is 13.1. The number of rotatable bonds is 3. The van der Waals surface area contributed by atoms with Gasteiger partial charge in [-0.2, -0.15) is 0 Å². The monoisotopic (exact) mass is 703 g/mol. The van der Waals surface area contributed by atoms with Crippen LogP contribution >= 0.6 is 11.8 Å². The molecule has 12 rings (SSSR count). The Kier molecular flexibility index (Phi) is 6.38. The number of fused-ring (bicyclic) bond motifs is 15. The van der Waals surface area contributed by atoms with Crippen LogP contribution in [0.25, 0.3) is 77.9 Å². The Labute approximate surface area is 318 Å². The lowest BCUT2D eigenvalue weighted by atomic mass is 9.70. The first-order valence-electron chi connectivity index (χ1n) is 18.9. The van der Waals surface area contributed by atoms with Gasteiger partial charge in [0.1, 0.15) is 0 Å². The van der Waals surface area contributed by atoms with E-state index in [0.29, 0.717) is 0 Å². The van der Waals surface area contributed by atoms with Gasteiger partial charge < -0.3 is 0 Å². The highest BCUT2D eigenvalue weighted by atomic mass is 32.2. The van der Waals surface area contributed by atoms with Gasteiger partial charge in [0.2, 0.25) is 0 Å². The molecule has 3 aliphatic carbocycles. The first kappa shape index (κ1) is 30.3. The Balaban J connectivity index is 1.14. The van der Waals surface area contributed by atoms with Crippen LogP contribution in [0, 0.1) is 0 Å². The van der Waals surface area contributed by atoms with Crippen molar-refractivity contribution in [3.05, 3.63) is 197 Å². The van der Waals surface area contributed by atoms with Gasteiger partial charge >= 0.3 is 0 Å². The fraction of sp³-hybridized carbons (Fsp3) is 0.0577. The predicted octanol–water partition coefficient (Wildman–Crippen LogP) is 12.1. The zero-order valence-electron chi connectivity index (χ0n) is 29.5. The molecule has 0 fully saturated rings. The fourth-order valence-corrected chi connectivity index (χ4v) is 11.5. The molecule has 2 heteroatoms. The molecule has 252 valence electrons. The van der Waals surface area contributed by atoms with E-state index in [-0.39, 0.29) is 5.41 Å². The second kappa shape index (κ2) is 11.4. The lowest BCUT2D eigenvalue weighted by molar-refractivity contribution is 0.792. The molecule has 1 aromatic heterocycles. The summed E-state index contributed by atoms with van der Waals surface area (Å²) in [4.78, 5) is 7.39. The van der Waals surface area contributed by atoms with Crippen molar-refractivity contribution in [3.8, 4) is 33.4 Å². The van der Waals surface area contributed by atoms with Crippen molar-refractivity contribution < 1.29 is 0 Å². The van der Waals surface area contributed by atoms with E-state index in [0.717, 1.165) is 12.8 Å². The largest absolute Gasteiger partial charge is 0.264 e. The normalized spacial score (nSPS) is 14.3. The average molecular weight is 704 g/mol. The Hall–Kier alpha value is -6.22. The van der Waals surface area contributed by atoms with Crippen molar-refractivity contribution >= 4 is 56.2 Å². The van der Waals surface area contributed by atoms with Crippen molar-refractivity contribution in [1.29, 1.82) is 0 Å². The molecule has 0 saturated heterocycles. The zero-order chi connectivity index (χ0) is 35.4. The summed E-state index contributed by atoms with van der Waals surface area (Å²) in [6, 6.07) is 56.7. The van der Waals surface area contributed by atoms with Crippen LogP contribution in [0.3, 0.4) is 0 Å². The van der Waals surface area contributed by atoms with E-state index in [4.69, 9.17) is 4.98 Å². The minimum absolute atomic E-state index is 0.359. The van der Waals surface area contributed by atoms with Crippen LogP contribution in [-0.2, 0) is 5.41 Å². The molecule has 1 spiro atoms. The summed E-state index contributed by atoms with van der Waals surface area (Å²) in [7, 11) is 0. The van der Waals surface area contributed by atoms with Gasteiger partial charge in [-0.1, -0.05) is 157 Å². The summed E-state index contributed by atoms with van der Waals surface area (Å²) < 4.78 is 0. The molecule has 0 N–H and O–H groups in total. The van der Waals surface area contributed by atoms with Crippen LogP contribution in [0.2, 0.25) is 0 Å². The fourth-order valence-electron chi connectivity index (χ4n) is 10.2. The highest BCUT2D eigenvalue weighted by Gasteiger charge is 2.52. The van der Waals surface area contributed by atoms with Crippen molar-refractivity contribution in [1.82, 2.24) is 4.98 Å². The Morgan fingerprint density at radius 3 is 1.83 bits per heavy atom. The molecule has 8 aromatic carbocycles. The number of hydrogen-bond acceptors (Lipinski definition) is 2. The van der Waals surface area contributed by atoms with Crippen LogP contribution in [0.4, 0.5) is 0 Å². The summed E-state index contributed by atoms with van der Waals surface area (Å²) in [5.74, 6) is 0. The molecule has 3 aliphatic rings. The summed E-state index contributed by atoms with van der Waals surface area (Å²) in [5, 5.41) is 10.2. The summed E-state index contributed by atoms with van der Waals surface area (Å²) in [6.07, 6.45) is 11.1. The highest BCUT2D eigenvalue weighted by molar-refractivity contribution is 7.99. The van der Waals surface area contributed by atoms with E-state index in [1.165, 1.54) is 108 Å². The topological polar surface area (TPSA) is 12.9 Å². The average Bonchev–Trinajstić information content (AvgIpc) is 3.71. The molecule has 0 aliphatic heterocycles. The number of benzene rings is 8. The molecular weight excluding hydrogens is 671 g/mol. The Morgan fingerprint density at radius 1 is 0.444 bits per heavy atom. The van der Waals surface area contributed by atoms with Gasteiger partial charge in [0, 0.05) is 33.1 Å². The van der Waals surface area contributed by atoms with Gasteiger partial charge in [-0.15, -0.1) is 0 Å². The van der Waals surface area contributed by atoms with Gasteiger partial charge in [-0.05, 0) is 118 Å². The maximum atomic E-state index is 4.78. The van der Waals surface area contributed by atoms with Crippen molar-refractivity contribution in [2.24, 2.45) is 0 Å². The number of nitrogens with zero attached hydrogens (tertiary/aromatic N) is 1. The van der Waals surface area contributed by atoms with Crippen LogP contribution in [-0.4, -0.2) is 4.98 Å². The van der Waals surface area contributed by atoms with Crippen molar-refractivity contribution in [3.63, 3.8) is 0 Å². The predicted molar refractivity (Wildman–Crippen MR) is 226 cm³/mol. The lowest BCUT2D eigenvalue weighted by Crippen LogP contribution is -2.31. The highest BCUT2D eigenvalue weighted by Crippen LogP contribution is 2.64. The van der Waals surface area contributed by atoms with Gasteiger partial charge in [0.25, 0.3) is 0 Å². The molecule has 0 saturated carbocycles. The molecule has 0 radical (unpaired) electrons. The molecule has 1 heterocycles. The third-order valence-electron chi connectivity index (χ3n) is 12.2. The first-order valence-corrected chi connectivity index (χ1v) is 19.8. The maximum Gasteiger partial charge on any atom is 0.0725 e. The molecule has 9 aromatic rings. The Morgan fingerprint density at radius 2 is 1.06 bits per heavy atom. The van der Waals surface area contributed by atoms with Crippen LogP contribution in [0.5, 0.6) is 0 Å². The second-order valence-corrected chi connectivity index (χ2v) is 15.8. The maximum absolute atomic E-state index is 4.78. The smallest absolute Gasteiger partial charge is 0.0725 e. The lowest BCUT2D eigenvalue weighted by Gasteiger charge is -2.30. The van der Waals surface area contributed by atoms with E-state index >= 15 is 0 Å². The summed E-state index contributed by atoms with van der Waals surface area (Å²) in [6.45, 7) is 0.